The summed E-state index contributed by atoms with van der Waals surface area (Å²) in [4.78, 5) is 46.5. The van der Waals surface area contributed by atoms with Gasteiger partial charge in [0.1, 0.15) is 29.4 Å². The van der Waals surface area contributed by atoms with Gasteiger partial charge in [0, 0.05) is 50.3 Å². The third-order valence-electron chi connectivity index (χ3n) is 12.1. The first-order valence-corrected chi connectivity index (χ1v) is 20.5. The number of hydrogen-bond donors (Lipinski definition) is 3. The van der Waals surface area contributed by atoms with Crippen molar-refractivity contribution >= 4 is 39.4 Å². The van der Waals surface area contributed by atoms with Crippen molar-refractivity contribution in [1.82, 2.24) is 24.8 Å². The molecule has 5 heterocycles. The minimum atomic E-state index is -0.624. The molecule has 0 spiro atoms. The van der Waals surface area contributed by atoms with Crippen molar-refractivity contribution in [2.45, 2.75) is 121 Å². The Hall–Kier alpha value is -4.68. The lowest BCUT2D eigenvalue weighted by molar-refractivity contribution is -0.132. The van der Waals surface area contributed by atoms with Crippen LogP contribution in [-0.2, 0) is 14.3 Å². The number of benzene rings is 3. The van der Waals surface area contributed by atoms with Crippen LogP contribution in [-0.4, -0.2) is 67.5 Å². The number of aromatic amines is 2. The highest BCUT2D eigenvalue weighted by atomic mass is 19.1. The molecule has 3 aliphatic rings. The topological polar surface area (TPSA) is 127 Å². The highest BCUT2D eigenvalue weighted by Gasteiger charge is 2.37. The number of likely N-dealkylation sites (tertiary alicyclic amines) is 1. The maximum atomic E-state index is 14.8. The molecule has 56 heavy (non-hydrogen) atoms. The molecular weight excluding hydrogens is 715 g/mol. The molecule has 3 saturated heterocycles. The number of carbonyl (C=O) groups excluding carboxylic acids is 2. The number of aliphatic hydroxyl groups is 1. The number of fused-ring (bicyclic) bond motifs is 2. The van der Waals surface area contributed by atoms with Gasteiger partial charge in [-0.05, 0) is 112 Å². The number of hydrogen-bond acceptors (Lipinski definition) is 7. The van der Waals surface area contributed by atoms with Crippen LogP contribution < -0.4 is 4.90 Å². The summed E-state index contributed by atoms with van der Waals surface area (Å²) in [6.45, 7) is 3.62. The van der Waals surface area contributed by atoms with Gasteiger partial charge in [-0.2, -0.15) is 0 Å². The molecule has 1 amide bonds. The van der Waals surface area contributed by atoms with Crippen molar-refractivity contribution in [3.05, 3.63) is 89.0 Å². The molecule has 5 atom stereocenters. The summed E-state index contributed by atoms with van der Waals surface area (Å²) in [7, 11) is 0. The fourth-order valence-corrected chi connectivity index (χ4v) is 9.16. The van der Waals surface area contributed by atoms with Crippen molar-refractivity contribution < 1.29 is 28.2 Å². The molecule has 0 radical (unpaired) electrons. The smallest absolute Gasteiger partial charge is 0.223 e. The molecule has 0 aliphatic carbocycles. The lowest BCUT2D eigenvalue weighted by Crippen LogP contribution is -2.30. The van der Waals surface area contributed by atoms with Gasteiger partial charge >= 0.3 is 0 Å². The number of halogens is 2. The second-order valence-corrected chi connectivity index (χ2v) is 16.0. The standard InChI is InChI=1S/C44H52F2N6O4/c1-27(8-2-3-10-40(54)41-11-7-21-56-41)43-47-33-15-13-28(22-35(33)49-43)37-17-18-38(52(37)32-25-30(45)24-31(46)26-32)29-14-16-34-36(23-29)50-44(48-34)39-9-6-19-51(39)42(55)12-4-5-20-53/h13-16,22-27,37-39,41,53H,2-12,17-21H2,1H3,(H,47,49)(H,48,50)/t27?,37-,38?,39+,41?/m1/s1. The van der Waals surface area contributed by atoms with Crippen LogP contribution in [0.2, 0.25) is 0 Å². The van der Waals surface area contributed by atoms with Gasteiger partial charge in [-0.1, -0.05) is 25.5 Å². The van der Waals surface area contributed by atoms with Gasteiger partial charge in [-0.3, -0.25) is 9.59 Å². The number of aromatic nitrogens is 4. The highest BCUT2D eigenvalue weighted by Crippen LogP contribution is 2.48. The van der Waals surface area contributed by atoms with E-state index in [9.17, 15) is 18.4 Å². The van der Waals surface area contributed by atoms with E-state index in [1.165, 1.54) is 12.1 Å². The number of aliphatic hydroxyl groups excluding tert-OH is 1. The molecule has 10 nitrogen and oxygen atoms in total. The summed E-state index contributed by atoms with van der Waals surface area (Å²) >= 11 is 0. The van der Waals surface area contributed by atoms with Crippen LogP contribution in [0.4, 0.5) is 14.5 Å². The van der Waals surface area contributed by atoms with E-state index in [4.69, 9.17) is 19.8 Å². The molecule has 8 rings (SSSR count). The second-order valence-electron chi connectivity index (χ2n) is 16.0. The summed E-state index contributed by atoms with van der Waals surface area (Å²) in [5.41, 5.74) is 5.96. The van der Waals surface area contributed by atoms with E-state index in [1.807, 2.05) is 17.0 Å². The molecule has 3 aliphatic heterocycles. The average Bonchev–Trinajstić information content (AvgIpc) is 4.04. The number of ketones is 1. The van der Waals surface area contributed by atoms with Crippen LogP contribution >= 0.6 is 0 Å². The maximum Gasteiger partial charge on any atom is 0.223 e. The predicted molar refractivity (Wildman–Crippen MR) is 211 cm³/mol. The first kappa shape index (κ1) is 38.2. The van der Waals surface area contributed by atoms with Gasteiger partial charge in [0.05, 0.1) is 40.2 Å². The Bertz CT molecular complexity index is 2160. The van der Waals surface area contributed by atoms with E-state index >= 15 is 0 Å². The number of H-pyrrole nitrogens is 2. The summed E-state index contributed by atoms with van der Waals surface area (Å²) in [5, 5.41) is 9.16. The number of unbranched alkanes of at least 4 members (excludes halogenated alkanes) is 2. The fraction of sp³-hybridized carbons (Fsp3) is 0.500. The van der Waals surface area contributed by atoms with Crippen LogP contribution in [0.3, 0.4) is 0 Å². The highest BCUT2D eigenvalue weighted by molar-refractivity contribution is 5.83. The molecular formula is C44H52F2N6O4. The zero-order chi connectivity index (χ0) is 38.8. The molecule has 3 aromatic carbocycles. The zero-order valence-corrected chi connectivity index (χ0v) is 32.1. The number of rotatable bonds is 15. The number of nitrogens with zero attached hydrogens (tertiary/aromatic N) is 4. The minimum absolute atomic E-state index is 0.0826. The van der Waals surface area contributed by atoms with Crippen LogP contribution in [0.15, 0.2) is 54.6 Å². The van der Waals surface area contributed by atoms with Crippen LogP contribution in [0.25, 0.3) is 22.1 Å². The number of amides is 1. The van der Waals surface area contributed by atoms with Gasteiger partial charge in [0.2, 0.25) is 5.91 Å². The summed E-state index contributed by atoms with van der Waals surface area (Å²) < 4.78 is 35.2. The minimum Gasteiger partial charge on any atom is -0.396 e. The quantitative estimate of drug-likeness (QED) is 0.0908. The van der Waals surface area contributed by atoms with Gasteiger partial charge in [0.25, 0.3) is 0 Å². The van der Waals surface area contributed by atoms with Crippen molar-refractivity contribution in [3.8, 4) is 0 Å². The predicted octanol–water partition coefficient (Wildman–Crippen LogP) is 9.04. The Morgan fingerprint density at radius 1 is 0.821 bits per heavy atom. The molecule has 3 fully saturated rings. The molecule has 5 aromatic rings. The largest absolute Gasteiger partial charge is 0.396 e. The normalized spacial score (nSPS) is 21.9. The van der Waals surface area contributed by atoms with Crippen molar-refractivity contribution in [1.29, 1.82) is 0 Å². The number of Topliss-reactive ketones (excluding diaryl/α,β-unsaturated/α-hetero) is 1. The van der Waals surface area contributed by atoms with Crippen LogP contribution in [0, 0.1) is 11.6 Å². The lowest BCUT2D eigenvalue weighted by atomic mass is 10.00. The van der Waals surface area contributed by atoms with Gasteiger partial charge < -0.3 is 29.6 Å². The number of imidazole rings is 2. The Kier molecular flexibility index (Phi) is 11.5. The maximum absolute atomic E-state index is 14.8. The average molecular weight is 767 g/mol. The zero-order valence-electron chi connectivity index (χ0n) is 32.1. The fourth-order valence-electron chi connectivity index (χ4n) is 9.16. The van der Waals surface area contributed by atoms with Gasteiger partial charge in [0.15, 0.2) is 5.78 Å². The van der Waals surface area contributed by atoms with Crippen molar-refractivity contribution in [2.24, 2.45) is 0 Å². The third-order valence-corrected chi connectivity index (χ3v) is 12.1. The van der Waals surface area contributed by atoms with Crippen molar-refractivity contribution in [3.63, 3.8) is 0 Å². The Labute approximate surface area is 326 Å². The molecule has 2 aromatic heterocycles. The number of anilines is 1. The van der Waals surface area contributed by atoms with Crippen molar-refractivity contribution in [2.75, 3.05) is 24.7 Å². The third kappa shape index (κ3) is 8.09. The summed E-state index contributed by atoms with van der Waals surface area (Å²) in [6, 6.07) is 15.7. The molecule has 0 saturated carbocycles. The molecule has 0 bridgehead atoms. The molecule has 12 heteroatoms. The summed E-state index contributed by atoms with van der Waals surface area (Å²) in [6.07, 6.45) is 9.80. The summed E-state index contributed by atoms with van der Waals surface area (Å²) in [5.74, 6) is 0.934. The van der Waals surface area contributed by atoms with E-state index in [-0.39, 0.29) is 48.4 Å². The molecule has 3 N–H and O–H groups in total. The van der Waals surface area contributed by atoms with Gasteiger partial charge in [-0.15, -0.1) is 0 Å². The number of carbonyl (C=O) groups is 2. The first-order chi connectivity index (χ1) is 27.2. The second kappa shape index (κ2) is 16.8. The van der Waals surface area contributed by atoms with Crippen LogP contribution in [0.5, 0.6) is 0 Å². The lowest BCUT2D eigenvalue weighted by Gasteiger charge is -2.33. The van der Waals surface area contributed by atoms with E-state index in [1.54, 1.807) is 0 Å². The van der Waals surface area contributed by atoms with E-state index in [0.717, 1.165) is 109 Å². The molecule has 296 valence electrons. The van der Waals surface area contributed by atoms with E-state index < -0.39 is 11.6 Å². The molecule has 3 unspecified atom stereocenters. The van der Waals surface area contributed by atoms with E-state index in [2.05, 4.69) is 46.1 Å². The Morgan fingerprint density at radius 2 is 1.52 bits per heavy atom. The Morgan fingerprint density at radius 3 is 2.21 bits per heavy atom. The van der Waals surface area contributed by atoms with E-state index in [0.29, 0.717) is 44.5 Å². The van der Waals surface area contributed by atoms with Gasteiger partial charge in [-0.25, -0.2) is 18.7 Å². The number of ether oxygens (including phenoxy) is 1. The SMILES string of the molecule is CC(CCCCC(=O)C1CCCO1)c1nc2cc([C@H]3CCC(c4ccc5[nH]c([C@@H]6CCCN6C(=O)CCCCO)nc5c4)N3c3cc(F)cc(F)c3)ccc2[nH]1. The van der Waals surface area contributed by atoms with Crippen LogP contribution in [0.1, 0.15) is 137 Å². The number of nitrogens with one attached hydrogen (secondary N) is 2. The first-order valence-electron chi connectivity index (χ1n) is 20.5. The Balaban J connectivity index is 1.01. The monoisotopic (exact) mass is 766 g/mol.